The quantitative estimate of drug-likeness (QED) is 0.762. The number of phenols is 1. The summed E-state index contributed by atoms with van der Waals surface area (Å²) in [5.41, 5.74) is 7.17. The first-order valence-corrected chi connectivity index (χ1v) is 7.49. The number of phenolic OH excluding ortho intramolecular Hbond substituents is 1. The Morgan fingerprint density at radius 2 is 1.95 bits per heavy atom. The summed E-state index contributed by atoms with van der Waals surface area (Å²) in [6.45, 7) is 5.41. The Balaban J connectivity index is 1.94. The average molecular weight is 305 g/mol. The number of nitrogens with zero attached hydrogens (tertiary/aromatic N) is 1. The highest BCUT2D eigenvalue weighted by atomic mass is 16.3. The average Bonchev–Trinajstić information content (AvgIpc) is 2.46. The molecule has 120 valence electrons. The van der Waals surface area contributed by atoms with Crippen molar-refractivity contribution in [3.05, 3.63) is 28.8 Å². The van der Waals surface area contributed by atoms with Gasteiger partial charge in [0.2, 0.25) is 5.91 Å². The van der Waals surface area contributed by atoms with Crippen molar-refractivity contribution in [1.82, 2.24) is 10.2 Å². The first kappa shape index (κ1) is 16.3. The van der Waals surface area contributed by atoms with Gasteiger partial charge in [-0.05, 0) is 43.9 Å². The molecule has 22 heavy (non-hydrogen) atoms. The number of carbonyl (C=O) groups excluding carboxylic acids is 2. The maximum absolute atomic E-state index is 12.3. The molecule has 0 aromatic heterocycles. The van der Waals surface area contributed by atoms with Gasteiger partial charge in [-0.3, -0.25) is 14.5 Å². The Kier molecular flexibility index (Phi) is 5.03. The van der Waals surface area contributed by atoms with Crippen LogP contribution in [0.15, 0.2) is 12.1 Å². The number of benzene rings is 1. The monoisotopic (exact) mass is 305 g/mol. The minimum absolute atomic E-state index is 0.0451. The van der Waals surface area contributed by atoms with E-state index in [2.05, 4.69) is 5.32 Å². The van der Waals surface area contributed by atoms with Crippen molar-refractivity contribution in [2.24, 2.45) is 5.73 Å². The summed E-state index contributed by atoms with van der Waals surface area (Å²) in [5, 5.41) is 13.1. The molecule has 0 saturated carbocycles. The molecule has 0 atom stereocenters. The van der Waals surface area contributed by atoms with Crippen LogP contribution in [0.4, 0.5) is 0 Å². The summed E-state index contributed by atoms with van der Waals surface area (Å²) in [6.07, 6.45) is 1.54. The summed E-state index contributed by atoms with van der Waals surface area (Å²) in [6, 6.07) is 3.53. The van der Waals surface area contributed by atoms with Gasteiger partial charge in [0, 0.05) is 19.1 Å². The first-order valence-electron chi connectivity index (χ1n) is 7.49. The molecular weight excluding hydrogens is 282 g/mol. The molecule has 0 aliphatic carbocycles. The van der Waals surface area contributed by atoms with E-state index in [0.29, 0.717) is 5.56 Å². The second-order valence-corrected chi connectivity index (χ2v) is 5.89. The van der Waals surface area contributed by atoms with Crippen LogP contribution in [0, 0.1) is 13.8 Å². The molecule has 0 radical (unpaired) electrons. The fourth-order valence-electron chi connectivity index (χ4n) is 2.70. The summed E-state index contributed by atoms with van der Waals surface area (Å²) in [5.74, 6) is -0.542. The fraction of sp³-hybridized carbons (Fsp3) is 0.500. The molecule has 6 heteroatoms. The number of carbonyl (C=O) groups is 2. The van der Waals surface area contributed by atoms with E-state index in [1.54, 1.807) is 13.0 Å². The lowest BCUT2D eigenvalue weighted by Crippen LogP contribution is -2.46. The smallest absolute Gasteiger partial charge is 0.255 e. The van der Waals surface area contributed by atoms with Gasteiger partial charge in [-0.25, -0.2) is 0 Å². The van der Waals surface area contributed by atoms with Crippen molar-refractivity contribution >= 4 is 11.8 Å². The second-order valence-electron chi connectivity index (χ2n) is 5.89. The zero-order valence-electron chi connectivity index (χ0n) is 13.1. The molecule has 0 bridgehead atoms. The SMILES string of the molecule is Cc1ccc(C(=O)NC2CCN(CC(N)=O)CC2)c(O)c1C. The number of aryl methyl sites for hydroxylation is 1. The largest absolute Gasteiger partial charge is 0.507 e. The van der Waals surface area contributed by atoms with Crippen LogP contribution in [0.3, 0.4) is 0 Å². The molecule has 1 heterocycles. The van der Waals surface area contributed by atoms with Crippen LogP contribution in [0.2, 0.25) is 0 Å². The Morgan fingerprint density at radius 1 is 1.32 bits per heavy atom. The number of nitrogens with one attached hydrogen (secondary N) is 1. The third kappa shape index (κ3) is 3.76. The highest BCUT2D eigenvalue weighted by molar-refractivity contribution is 5.97. The number of hydrogen-bond acceptors (Lipinski definition) is 4. The van der Waals surface area contributed by atoms with E-state index in [4.69, 9.17) is 5.73 Å². The number of primary amides is 1. The van der Waals surface area contributed by atoms with E-state index in [1.165, 1.54) is 0 Å². The number of hydrogen-bond donors (Lipinski definition) is 3. The van der Waals surface area contributed by atoms with E-state index in [9.17, 15) is 14.7 Å². The molecule has 1 aromatic carbocycles. The van der Waals surface area contributed by atoms with Crippen molar-refractivity contribution < 1.29 is 14.7 Å². The Hall–Kier alpha value is -2.08. The van der Waals surface area contributed by atoms with Crippen LogP contribution in [0.1, 0.15) is 34.3 Å². The second kappa shape index (κ2) is 6.79. The maximum atomic E-state index is 12.3. The van der Waals surface area contributed by atoms with E-state index in [-0.39, 0.29) is 30.2 Å². The molecular formula is C16H23N3O3. The maximum Gasteiger partial charge on any atom is 0.255 e. The summed E-state index contributed by atoms with van der Waals surface area (Å²) in [7, 11) is 0. The van der Waals surface area contributed by atoms with E-state index < -0.39 is 0 Å². The molecule has 1 aliphatic heterocycles. The molecule has 1 aromatic rings. The van der Waals surface area contributed by atoms with Crippen molar-refractivity contribution in [2.75, 3.05) is 19.6 Å². The van der Waals surface area contributed by atoms with Crippen molar-refractivity contribution in [3.63, 3.8) is 0 Å². The highest BCUT2D eigenvalue weighted by Gasteiger charge is 2.23. The molecule has 1 fully saturated rings. The lowest BCUT2D eigenvalue weighted by Gasteiger charge is -2.31. The van der Waals surface area contributed by atoms with Crippen molar-refractivity contribution in [2.45, 2.75) is 32.7 Å². The number of amides is 2. The predicted octanol–water partition coefficient (Wildman–Crippen LogP) is 0.689. The number of rotatable bonds is 4. The Labute approximate surface area is 130 Å². The van der Waals surface area contributed by atoms with Crippen LogP contribution in [-0.4, -0.2) is 47.5 Å². The third-order valence-corrected chi connectivity index (χ3v) is 4.25. The number of likely N-dealkylation sites (tertiary alicyclic amines) is 1. The topological polar surface area (TPSA) is 95.7 Å². The summed E-state index contributed by atoms with van der Waals surface area (Å²) >= 11 is 0. The van der Waals surface area contributed by atoms with Crippen LogP contribution in [-0.2, 0) is 4.79 Å². The van der Waals surface area contributed by atoms with Crippen LogP contribution in [0.25, 0.3) is 0 Å². The van der Waals surface area contributed by atoms with Gasteiger partial charge in [-0.2, -0.15) is 0 Å². The molecule has 1 aliphatic rings. The molecule has 1 saturated heterocycles. The molecule has 6 nitrogen and oxygen atoms in total. The van der Waals surface area contributed by atoms with Gasteiger partial charge in [0.05, 0.1) is 12.1 Å². The van der Waals surface area contributed by atoms with E-state index in [1.807, 2.05) is 17.9 Å². The zero-order chi connectivity index (χ0) is 16.3. The van der Waals surface area contributed by atoms with Gasteiger partial charge in [0.25, 0.3) is 5.91 Å². The molecule has 0 spiro atoms. The molecule has 0 unspecified atom stereocenters. The lowest BCUT2D eigenvalue weighted by atomic mass is 10.0. The van der Waals surface area contributed by atoms with Gasteiger partial charge in [0.1, 0.15) is 5.75 Å². The van der Waals surface area contributed by atoms with Gasteiger partial charge >= 0.3 is 0 Å². The van der Waals surface area contributed by atoms with Crippen LogP contribution < -0.4 is 11.1 Å². The Morgan fingerprint density at radius 3 is 2.55 bits per heavy atom. The zero-order valence-corrected chi connectivity index (χ0v) is 13.1. The minimum Gasteiger partial charge on any atom is -0.507 e. The number of piperidine rings is 1. The summed E-state index contributed by atoms with van der Waals surface area (Å²) < 4.78 is 0. The highest BCUT2D eigenvalue weighted by Crippen LogP contribution is 2.25. The van der Waals surface area contributed by atoms with Crippen LogP contribution in [0.5, 0.6) is 5.75 Å². The van der Waals surface area contributed by atoms with E-state index in [0.717, 1.165) is 37.1 Å². The van der Waals surface area contributed by atoms with Crippen LogP contribution >= 0.6 is 0 Å². The predicted molar refractivity (Wildman–Crippen MR) is 83.7 cm³/mol. The molecule has 2 rings (SSSR count). The van der Waals surface area contributed by atoms with Crippen molar-refractivity contribution in [1.29, 1.82) is 0 Å². The lowest BCUT2D eigenvalue weighted by molar-refractivity contribution is -0.119. The number of nitrogens with two attached hydrogens (primary N) is 1. The van der Waals surface area contributed by atoms with Gasteiger partial charge in [0.15, 0.2) is 0 Å². The van der Waals surface area contributed by atoms with Gasteiger partial charge in [-0.1, -0.05) is 6.07 Å². The van der Waals surface area contributed by atoms with E-state index >= 15 is 0 Å². The van der Waals surface area contributed by atoms with Gasteiger partial charge < -0.3 is 16.2 Å². The van der Waals surface area contributed by atoms with Crippen molar-refractivity contribution in [3.8, 4) is 5.75 Å². The first-order chi connectivity index (χ1) is 10.4. The summed E-state index contributed by atoms with van der Waals surface area (Å²) in [4.78, 5) is 25.2. The Bertz CT molecular complexity index is 578. The molecule has 4 N–H and O–H groups in total. The molecule has 2 amide bonds. The normalized spacial score (nSPS) is 16.5. The standard InChI is InChI=1S/C16H23N3O3/c1-10-3-4-13(15(21)11(10)2)16(22)18-12-5-7-19(8-6-12)9-14(17)20/h3-4,12,21H,5-9H2,1-2H3,(H2,17,20)(H,18,22). The minimum atomic E-state index is -0.331. The number of aromatic hydroxyl groups is 1. The fourth-order valence-corrected chi connectivity index (χ4v) is 2.70. The van der Waals surface area contributed by atoms with Gasteiger partial charge in [-0.15, -0.1) is 0 Å². The third-order valence-electron chi connectivity index (χ3n) is 4.25.